The second-order valence-electron chi connectivity index (χ2n) is 8.78. The molecular formula is C24H22F3N3O3. The van der Waals surface area contributed by atoms with Crippen LogP contribution in [0, 0.1) is 23.4 Å². The summed E-state index contributed by atoms with van der Waals surface area (Å²) in [5, 5.41) is 15.0. The maximum absolute atomic E-state index is 14.5. The summed E-state index contributed by atoms with van der Waals surface area (Å²) in [5.41, 5.74) is 2.06. The molecule has 4 N–H and O–H groups in total. The van der Waals surface area contributed by atoms with Crippen LogP contribution in [0.25, 0.3) is 22.2 Å². The molecule has 2 aromatic carbocycles. The number of amides is 2. The third-order valence-corrected chi connectivity index (χ3v) is 6.63. The van der Waals surface area contributed by atoms with Crippen molar-refractivity contribution in [1.29, 1.82) is 0 Å². The number of carbonyl (C=O) groups excluding carboxylic acids is 2. The van der Waals surface area contributed by atoms with Gasteiger partial charge in [0.05, 0.1) is 23.9 Å². The summed E-state index contributed by atoms with van der Waals surface area (Å²) < 4.78 is 42.0. The lowest BCUT2D eigenvalue weighted by molar-refractivity contribution is -0.132. The van der Waals surface area contributed by atoms with E-state index in [1.807, 2.05) is 0 Å². The molecule has 0 bridgehead atoms. The van der Waals surface area contributed by atoms with Crippen molar-refractivity contribution in [2.75, 3.05) is 6.61 Å². The van der Waals surface area contributed by atoms with Crippen molar-refractivity contribution in [3.8, 4) is 11.3 Å². The van der Waals surface area contributed by atoms with Crippen molar-refractivity contribution in [2.45, 2.75) is 37.3 Å². The first-order valence-corrected chi connectivity index (χ1v) is 10.8. The summed E-state index contributed by atoms with van der Waals surface area (Å²) in [6.07, 6.45) is 1.22. The quantitative estimate of drug-likeness (QED) is 0.474. The Morgan fingerprint density at radius 3 is 2.45 bits per heavy atom. The smallest absolute Gasteiger partial charge is 0.242 e. The van der Waals surface area contributed by atoms with Crippen LogP contribution in [0.2, 0.25) is 0 Å². The standard InChI is InChI=1S/C24H22F3N3O3/c25-14-3-1-11(2-4-14)21-20(17-7-15(26)8-18(27)22(17)30-21)12-5-13(6-12)23(32)29-19-9-16(10-31)28-24(19)33/h1-4,7-8,12-13,16,19,30-31H,5-6,9-10H2,(H,28,33)(H,29,32)/t12?,13?,16-,19-/m0/s1. The summed E-state index contributed by atoms with van der Waals surface area (Å²) in [7, 11) is 0. The van der Waals surface area contributed by atoms with Crippen LogP contribution in [-0.4, -0.2) is 40.6 Å². The molecule has 33 heavy (non-hydrogen) atoms. The maximum Gasteiger partial charge on any atom is 0.242 e. The van der Waals surface area contributed by atoms with Gasteiger partial charge >= 0.3 is 0 Å². The van der Waals surface area contributed by atoms with Gasteiger partial charge in [0.15, 0.2) is 0 Å². The minimum absolute atomic E-state index is 0.140. The van der Waals surface area contributed by atoms with E-state index >= 15 is 0 Å². The van der Waals surface area contributed by atoms with Gasteiger partial charge in [0, 0.05) is 17.4 Å². The van der Waals surface area contributed by atoms with Gasteiger partial charge in [-0.2, -0.15) is 0 Å². The van der Waals surface area contributed by atoms with Gasteiger partial charge in [-0.3, -0.25) is 9.59 Å². The van der Waals surface area contributed by atoms with E-state index in [2.05, 4.69) is 15.6 Å². The predicted octanol–water partition coefficient (Wildman–Crippen LogP) is 3.11. The third-order valence-electron chi connectivity index (χ3n) is 6.63. The van der Waals surface area contributed by atoms with E-state index in [9.17, 15) is 27.9 Å². The molecule has 0 unspecified atom stereocenters. The number of halogens is 3. The topological polar surface area (TPSA) is 94.2 Å². The molecule has 6 nitrogen and oxygen atoms in total. The Kier molecular flexibility index (Phi) is 5.36. The number of aromatic nitrogens is 1. The molecule has 1 aromatic heterocycles. The number of hydrogen-bond acceptors (Lipinski definition) is 3. The van der Waals surface area contributed by atoms with Gasteiger partial charge in [-0.25, -0.2) is 13.2 Å². The highest BCUT2D eigenvalue weighted by molar-refractivity contribution is 5.93. The Balaban J connectivity index is 1.40. The van der Waals surface area contributed by atoms with Crippen LogP contribution < -0.4 is 10.6 Å². The predicted molar refractivity (Wildman–Crippen MR) is 115 cm³/mol. The monoisotopic (exact) mass is 457 g/mol. The second kappa shape index (κ2) is 8.22. The Hall–Kier alpha value is -3.33. The molecule has 1 saturated carbocycles. The lowest BCUT2D eigenvalue weighted by Gasteiger charge is -2.35. The number of aliphatic hydroxyl groups is 1. The number of hydrogen-bond donors (Lipinski definition) is 4. The molecule has 5 rings (SSSR count). The van der Waals surface area contributed by atoms with Gasteiger partial charge in [-0.1, -0.05) is 0 Å². The Labute approximate surface area is 187 Å². The first-order valence-electron chi connectivity index (χ1n) is 10.8. The van der Waals surface area contributed by atoms with Gasteiger partial charge in [0.2, 0.25) is 11.8 Å². The summed E-state index contributed by atoms with van der Waals surface area (Å²) in [6.45, 7) is -0.191. The largest absolute Gasteiger partial charge is 0.394 e. The Bertz CT molecular complexity index is 1240. The van der Waals surface area contributed by atoms with E-state index in [0.717, 1.165) is 6.07 Å². The number of aromatic amines is 1. The highest BCUT2D eigenvalue weighted by Crippen LogP contribution is 2.48. The molecule has 2 amide bonds. The molecule has 9 heteroatoms. The summed E-state index contributed by atoms with van der Waals surface area (Å²) in [6, 6.07) is 6.75. The molecule has 2 heterocycles. The molecule has 172 valence electrons. The average Bonchev–Trinajstić information content (AvgIpc) is 3.28. The van der Waals surface area contributed by atoms with Gasteiger partial charge < -0.3 is 20.7 Å². The fourth-order valence-electron chi connectivity index (χ4n) is 4.86. The Morgan fingerprint density at radius 1 is 1.06 bits per heavy atom. The molecule has 2 atom stereocenters. The summed E-state index contributed by atoms with van der Waals surface area (Å²) >= 11 is 0. The van der Waals surface area contributed by atoms with E-state index in [4.69, 9.17) is 0 Å². The average molecular weight is 457 g/mol. The van der Waals surface area contributed by atoms with Crippen molar-refractivity contribution < 1.29 is 27.9 Å². The summed E-state index contributed by atoms with van der Waals surface area (Å²) in [4.78, 5) is 27.7. The van der Waals surface area contributed by atoms with Gasteiger partial charge in [-0.15, -0.1) is 0 Å². The second-order valence-corrected chi connectivity index (χ2v) is 8.78. The van der Waals surface area contributed by atoms with E-state index in [1.54, 1.807) is 12.1 Å². The zero-order chi connectivity index (χ0) is 23.3. The fourth-order valence-corrected chi connectivity index (χ4v) is 4.86. The number of rotatable bonds is 5. The van der Waals surface area contributed by atoms with Crippen molar-refractivity contribution in [2.24, 2.45) is 5.92 Å². The number of fused-ring (bicyclic) bond motifs is 1. The van der Waals surface area contributed by atoms with Crippen molar-refractivity contribution >= 4 is 22.7 Å². The van der Waals surface area contributed by atoms with Crippen LogP contribution >= 0.6 is 0 Å². The number of aliphatic hydroxyl groups excluding tert-OH is 1. The molecule has 2 fully saturated rings. The minimum Gasteiger partial charge on any atom is -0.394 e. The normalized spacial score (nSPS) is 24.5. The third kappa shape index (κ3) is 3.86. The maximum atomic E-state index is 14.5. The first kappa shape index (κ1) is 21.5. The van der Waals surface area contributed by atoms with Gasteiger partial charge in [0.1, 0.15) is 23.5 Å². The number of benzene rings is 2. The van der Waals surface area contributed by atoms with Crippen LogP contribution in [-0.2, 0) is 9.59 Å². The molecule has 1 aliphatic carbocycles. The molecular weight excluding hydrogens is 435 g/mol. The highest BCUT2D eigenvalue weighted by atomic mass is 19.1. The van der Waals surface area contributed by atoms with Crippen LogP contribution in [0.1, 0.15) is 30.7 Å². The summed E-state index contributed by atoms with van der Waals surface area (Å²) in [5.74, 6) is -2.90. The van der Waals surface area contributed by atoms with Gasteiger partial charge in [0.25, 0.3) is 0 Å². The molecule has 0 radical (unpaired) electrons. The Morgan fingerprint density at radius 2 is 1.79 bits per heavy atom. The van der Waals surface area contributed by atoms with Gasteiger partial charge in [-0.05, 0) is 66.6 Å². The van der Waals surface area contributed by atoms with E-state index in [0.29, 0.717) is 41.5 Å². The lowest BCUT2D eigenvalue weighted by atomic mass is 9.69. The number of carbonyl (C=O) groups is 2. The van der Waals surface area contributed by atoms with E-state index in [-0.39, 0.29) is 41.8 Å². The van der Waals surface area contributed by atoms with Crippen molar-refractivity contribution in [3.63, 3.8) is 0 Å². The lowest BCUT2D eigenvalue weighted by Crippen LogP contribution is -2.45. The molecule has 2 aliphatic rings. The number of H-pyrrole nitrogens is 1. The fraction of sp³-hybridized carbons (Fsp3) is 0.333. The zero-order valence-corrected chi connectivity index (χ0v) is 17.5. The van der Waals surface area contributed by atoms with Crippen LogP contribution in [0.5, 0.6) is 0 Å². The van der Waals surface area contributed by atoms with Crippen LogP contribution in [0.4, 0.5) is 13.2 Å². The van der Waals surface area contributed by atoms with Crippen molar-refractivity contribution in [3.05, 3.63) is 59.4 Å². The molecule has 1 saturated heterocycles. The van der Waals surface area contributed by atoms with Crippen molar-refractivity contribution in [1.82, 2.24) is 15.6 Å². The van der Waals surface area contributed by atoms with E-state index in [1.165, 1.54) is 18.2 Å². The first-order chi connectivity index (χ1) is 15.8. The zero-order valence-electron chi connectivity index (χ0n) is 17.5. The molecule has 0 spiro atoms. The van der Waals surface area contributed by atoms with Crippen LogP contribution in [0.15, 0.2) is 36.4 Å². The van der Waals surface area contributed by atoms with E-state index < -0.39 is 23.5 Å². The number of nitrogens with one attached hydrogen (secondary N) is 3. The highest BCUT2D eigenvalue weighted by Gasteiger charge is 2.41. The SMILES string of the molecule is O=C(N[C@H]1C[C@@H](CO)NC1=O)C1CC(c2c(-c3ccc(F)cc3)[nH]c3c(F)cc(F)cc23)C1. The molecule has 1 aliphatic heterocycles. The minimum atomic E-state index is -0.723. The van der Waals surface area contributed by atoms with Crippen LogP contribution in [0.3, 0.4) is 0 Å². The molecule has 3 aromatic rings.